The van der Waals surface area contributed by atoms with Crippen LogP contribution in [0.5, 0.6) is 11.5 Å². The first kappa shape index (κ1) is 32.3. The molecule has 0 aromatic heterocycles. The summed E-state index contributed by atoms with van der Waals surface area (Å²) >= 11 is 0. The summed E-state index contributed by atoms with van der Waals surface area (Å²) < 4.78 is 41.5. The number of amides is 2. The van der Waals surface area contributed by atoms with Gasteiger partial charge in [0.2, 0.25) is 5.91 Å². The SMILES string of the molecule is C#CCOc1cc(N(CC)CC)ccc1C(C(=O)NC(C)(C)C)N(C(=O)C1CCc2cc(F)ccc2O1)c1ccccc1F. The van der Waals surface area contributed by atoms with Gasteiger partial charge in [0.1, 0.15) is 35.8 Å². The summed E-state index contributed by atoms with van der Waals surface area (Å²) in [5, 5.41) is 2.97. The third kappa shape index (κ3) is 7.31. The van der Waals surface area contributed by atoms with Gasteiger partial charge in [0, 0.05) is 35.9 Å². The Balaban J connectivity index is 1.91. The molecule has 4 rings (SSSR count). The van der Waals surface area contributed by atoms with Crippen LogP contribution in [-0.4, -0.2) is 43.2 Å². The van der Waals surface area contributed by atoms with Gasteiger partial charge in [-0.05, 0) is 89.4 Å². The molecule has 1 heterocycles. The Morgan fingerprint density at radius 2 is 1.82 bits per heavy atom. The number of ether oxygens (including phenoxy) is 2. The van der Waals surface area contributed by atoms with Crippen molar-refractivity contribution < 1.29 is 27.8 Å². The van der Waals surface area contributed by atoms with Crippen LogP contribution in [0.1, 0.15) is 58.2 Å². The molecule has 44 heavy (non-hydrogen) atoms. The first-order chi connectivity index (χ1) is 21.0. The summed E-state index contributed by atoms with van der Waals surface area (Å²) in [4.78, 5) is 32.0. The molecule has 3 aromatic carbocycles. The van der Waals surface area contributed by atoms with Crippen molar-refractivity contribution in [2.24, 2.45) is 0 Å². The lowest BCUT2D eigenvalue weighted by Gasteiger charge is -2.37. The molecule has 0 saturated carbocycles. The maximum Gasteiger partial charge on any atom is 0.269 e. The molecular formula is C35H39F2N3O4. The number of halogens is 2. The Labute approximate surface area is 258 Å². The number of fused-ring (bicyclic) bond motifs is 1. The molecule has 2 atom stereocenters. The normalized spacial score (nSPS) is 14.8. The molecule has 0 spiro atoms. The van der Waals surface area contributed by atoms with E-state index in [-0.39, 0.29) is 18.7 Å². The molecule has 2 amide bonds. The number of hydrogen-bond acceptors (Lipinski definition) is 5. The second kappa shape index (κ2) is 13.8. The van der Waals surface area contributed by atoms with Crippen LogP contribution in [-0.2, 0) is 16.0 Å². The summed E-state index contributed by atoms with van der Waals surface area (Å²) in [5.41, 5.74) is 1.00. The lowest BCUT2D eigenvalue weighted by atomic mass is 9.96. The molecule has 1 N–H and O–H groups in total. The van der Waals surface area contributed by atoms with Crippen molar-refractivity contribution in [2.45, 2.75) is 65.1 Å². The third-order valence-corrected chi connectivity index (χ3v) is 7.33. The van der Waals surface area contributed by atoms with Gasteiger partial charge >= 0.3 is 0 Å². The molecule has 1 aliphatic heterocycles. The van der Waals surface area contributed by atoms with Crippen LogP contribution in [0.3, 0.4) is 0 Å². The number of para-hydroxylation sites is 1. The Kier molecular flexibility index (Phi) is 10.1. The number of rotatable bonds is 10. The smallest absolute Gasteiger partial charge is 0.269 e. The zero-order valence-corrected chi connectivity index (χ0v) is 25.8. The molecule has 2 unspecified atom stereocenters. The van der Waals surface area contributed by atoms with Crippen molar-refractivity contribution in [3.63, 3.8) is 0 Å². The van der Waals surface area contributed by atoms with Gasteiger partial charge in [0.25, 0.3) is 5.91 Å². The maximum absolute atomic E-state index is 15.6. The highest BCUT2D eigenvalue weighted by Gasteiger charge is 2.41. The van der Waals surface area contributed by atoms with Crippen molar-refractivity contribution in [2.75, 3.05) is 29.5 Å². The van der Waals surface area contributed by atoms with E-state index in [2.05, 4.69) is 16.1 Å². The van der Waals surface area contributed by atoms with E-state index >= 15 is 4.39 Å². The van der Waals surface area contributed by atoms with Gasteiger partial charge in [-0.15, -0.1) is 6.42 Å². The second-order valence-electron chi connectivity index (χ2n) is 11.6. The maximum atomic E-state index is 15.6. The molecule has 0 aliphatic carbocycles. The largest absolute Gasteiger partial charge is 0.480 e. The highest BCUT2D eigenvalue weighted by molar-refractivity contribution is 6.04. The van der Waals surface area contributed by atoms with E-state index in [4.69, 9.17) is 15.9 Å². The van der Waals surface area contributed by atoms with Gasteiger partial charge in [-0.3, -0.25) is 14.5 Å². The number of anilines is 2. The van der Waals surface area contributed by atoms with Crippen molar-refractivity contribution in [3.05, 3.63) is 83.4 Å². The third-order valence-electron chi connectivity index (χ3n) is 7.33. The zero-order valence-electron chi connectivity index (χ0n) is 25.8. The molecular weight excluding hydrogens is 564 g/mol. The standard InChI is InChI=1S/C35H39F2N3O4/c1-7-20-43-31-22-25(39(8-2)9-3)16-17-26(31)32(33(41)38-35(4,5)6)40(28-13-11-10-12-27(28)37)34(42)30-18-14-23-21-24(36)15-19-29(23)44-30/h1,10-13,15-17,19,21-22,30,32H,8-9,14,18,20H2,2-6H3,(H,38,41). The summed E-state index contributed by atoms with van der Waals surface area (Å²) in [6.45, 7) is 10.9. The fourth-order valence-electron chi connectivity index (χ4n) is 5.33. The van der Waals surface area contributed by atoms with Crippen LogP contribution in [0.15, 0.2) is 60.7 Å². The monoisotopic (exact) mass is 603 g/mol. The van der Waals surface area contributed by atoms with Gasteiger partial charge in [0.15, 0.2) is 6.10 Å². The quantitative estimate of drug-likeness (QED) is 0.279. The van der Waals surface area contributed by atoms with Crippen molar-refractivity contribution in [1.82, 2.24) is 5.32 Å². The molecule has 0 saturated heterocycles. The Morgan fingerprint density at radius 1 is 1.09 bits per heavy atom. The molecule has 0 fully saturated rings. The highest BCUT2D eigenvalue weighted by Crippen LogP contribution is 2.39. The van der Waals surface area contributed by atoms with Gasteiger partial charge in [0.05, 0.1) is 5.69 Å². The minimum atomic E-state index is -1.37. The number of carbonyl (C=O) groups is 2. The molecule has 0 radical (unpaired) electrons. The van der Waals surface area contributed by atoms with E-state index in [1.165, 1.54) is 36.4 Å². The predicted octanol–water partition coefficient (Wildman–Crippen LogP) is 6.21. The van der Waals surface area contributed by atoms with E-state index in [1.807, 2.05) is 40.7 Å². The number of hydrogen-bond donors (Lipinski definition) is 1. The van der Waals surface area contributed by atoms with Gasteiger partial charge in [-0.2, -0.15) is 0 Å². The van der Waals surface area contributed by atoms with E-state index in [1.54, 1.807) is 18.2 Å². The number of benzene rings is 3. The van der Waals surface area contributed by atoms with Crippen LogP contribution < -0.4 is 24.6 Å². The lowest BCUT2D eigenvalue weighted by molar-refractivity contribution is -0.131. The van der Waals surface area contributed by atoms with Crippen molar-refractivity contribution in [3.8, 4) is 23.8 Å². The average Bonchev–Trinajstić information content (AvgIpc) is 2.98. The Bertz CT molecular complexity index is 1540. The number of carbonyl (C=O) groups excluding carboxylic acids is 2. The first-order valence-corrected chi connectivity index (χ1v) is 14.8. The topological polar surface area (TPSA) is 71.1 Å². The van der Waals surface area contributed by atoms with Gasteiger partial charge in [-0.1, -0.05) is 24.1 Å². The van der Waals surface area contributed by atoms with Crippen molar-refractivity contribution >= 4 is 23.2 Å². The number of nitrogens with one attached hydrogen (secondary N) is 1. The van der Waals surface area contributed by atoms with Crippen LogP contribution >= 0.6 is 0 Å². The van der Waals surface area contributed by atoms with Crippen LogP contribution in [0.4, 0.5) is 20.2 Å². The van der Waals surface area contributed by atoms with Crippen LogP contribution in [0, 0.1) is 24.0 Å². The molecule has 9 heteroatoms. The summed E-state index contributed by atoms with van der Waals surface area (Å²) in [7, 11) is 0. The van der Waals surface area contributed by atoms with Gasteiger partial charge < -0.3 is 19.7 Å². The summed E-state index contributed by atoms with van der Waals surface area (Å²) in [6, 6.07) is 13.9. The van der Waals surface area contributed by atoms with E-state index in [0.29, 0.717) is 29.0 Å². The summed E-state index contributed by atoms with van der Waals surface area (Å²) in [5.74, 6) is 0.837. The van der Waals surface area contributed by atoms with Crippen LogP contribution in [0.2, 0.25) is 0 Å². The average molecular weight is 604 g/mol. The molecule has 0 bridgehead atoms. The second-order valence-corrected chi connectivity index (χ2v) is 11.6. The van der Waals surface area contributed by atoms with E-state index < -0.39 is 41.1 Å². The zero-order chi connectivity index (χ0) is 32.0. The molecule has 1 aliphatic rings. The minimum Gasteiger partial charge on any atom is -0.480 e. The number of terminal acetylenes is 1. The fraction of sp³-hybridized carbons (Fsp3) is 0.371. The minimum absolute atomic E-state index is 0.0883. The van der Waals surface area contributed by atoms with E-state index in [9.17, 15) is 14.0 Å². The van der Waals surface area contributed by atoms with Crippen LogP contribution in [0.25, 0.3) is 0 Å². The molecule has 232 valence electrons. The fourth-order valence-corrected chi connectivity index (χ4v) is 5.33. The summed E-state index contributed by atoms with van der Waals surface area (Å²) in [6.07, 6.45) is 5.04. The number of nitrogens with zero attached hydrogens (tertiary/aromatic N) is 2. The molecule has 7 nitrogen and oxygen atoms in total. The predicted molar refractivity (Wildman–Crippen MR) is 168 cm³/mol. The first-order valence-electron chi connectivity index (χ1n) is 14.8. The Morgan fingerprint density at radius 3 is 2.48 bits per heavy atom. The Hall–Kier alpha value is -4.58. The van der Waals surface area contributed by atoms with Crippen molar-refractivity contribution in [1.29, 1.82) is 0 Å². The van der Waals surface area contributed by atoms with E-state index in [0.717, 1.165) is 23.7 Å². The van der Waals surface area contributed by atoms with Gasteiger partial charge in [-0.25, -0.2) is 8.78 Å². The molecule has 3 aromatic rings. The lowest BCUT2D eigenvalue weighted by Crippen LogP contribution is -2.53. The number of aryl methyl sites for hydroxylation is 1. The highest BCUT2D eigenvalue weighted by atomic mass is 19.1.